The van der Waals surface area contributed by atoms with E-state index in [2.05, 4.69) is 0 Å². The van der Waals surface area contributed by atoms with Gasteiger partial charge in [0.2, 0.25) is 5.91 Å². The molecule has 178 valence electrons. The van der Waals surface area contributed by atoms with Crippen LogP contribution in [0.5, 0.6) is 0 Å². The van der Waals surface area contributed by atoms with Gasteiger partial charge >= 0.3 is 6.18 Å². The molecule has 2 aromatic rings. The summed E-state index contributed by atoms with van der Waals surface area (Å²) in [5.74, 6) is -2.13. The molecule has 0 aliphatic carbocycles. The average Bonchev–Trinajstić information content (AvgIpc) is 2.97. The minimum Gasteiger partial charge on any atom is -0.372 e. The topological polar surface area (TPSA) is 86.9 Å². The predicted molar refractivity (Wildman–Crippen MR) is 120 cm³/mol. The number of fused-ring (bicyclic) bond motifs is 1. The lowest BCUT2D eigenvalue weighted by Gasteiger charge is -2.27. The Morgan fingerprint density at radius 2 is 1.82 bits per heavy atom. The van der Waals surface area contributed by atoms with Gasteiger partial charge < -0.3 is 20.6 Å². The standard InChI is InChI=1S/C22H22Cl2F3N3O3/c1-3-29(4-2)7-8-30-17-10-12(19(28)31)9-15(22(25,26)27)18(17)21(33,20(30)32)14-11-13(23)5-6-16(14)24/h5-6,9-11,33H,3-4,7-8H2,1-2H3,(H2,28,31). The quantitative estimate of drug-likeness (QED) is 0.596. The van der Waals surface area contributed by atoms with Crippen LogP contribution in [-0.2, 0) is 16.6 Å². The van der Waals surface area contributed by atoms with Gasteiger partial charge in [0.1, 0.15) is 0 Å². The number of anilines is 1. The van der Waals surface area contributed by atoms with Crippen LogP contribution in [0.1, 0.15) is 40.9 Å². The summed E-state index contributed by atoms with van der Waals surface area (Å²) in [6, 6.07) is 5.45. The highest BCUT2D eigenvalue weighted by molar-refractivity contribution is 6.34. The van der Waals surface area contributed by atoms with Crippen molar-refractivity contribution in [3.8, 4) is 0 Å². The van der Waals surface area contributed by atoms with Gasteiger partial charge in [0, 0.05) is 39.8 Å². The molecule has 6 nitrogen and oxygen atoms in total. The smallest absolute Gasteiger partial charge is 0.372 e. The number of aliphatic hydroxyl groups is 1. The molecular weight excluding hydrogens is 482 g/mol. The monoisotopic (exact) mass is 503 g/mol. The van der Waals surface area contributed by atoms with Crippen molar-refractivity contribution in [2.24, 2.45) is 5.73 Å². The number of halogens is 5. The zero-order chi connectivity index (χ0) is 24.7. The summed E-state index contributed by atoms with van der Waals surface area (Å²) >= 11 is 12.2. The molecule has 0 radical (unpaired) electrons. The van der Waals surface area contributed by atoms with Gasteiger partial charge in [0.05, 0.1) is 11.3 Å². The Hall–Kier alpha value is -2.33. The van der Waals surface area contributed by atoms with Gasteiger partial charge in [0.25, 0.3) is 5.91 Å². The number of likely N-dealkylation sites (N-methyl/N-ethyl adjacent to an activating group) is 1. The number of nitrogens with two attached hydrogens (primary N) is 1. The van der Waals surface area contributed by atoms with Gasteiger partial charge in [0.15, 0.2) is 5.60 Å². The van der Waals surface area contributed by atoms with Crippen LogP contribution in [0.2, 0.25) is 10.0 Å². The van der Waals surface area contributed by atoms with Crippen LogP contribution >= 0.6 is 23.2 Å². The molecule has 0 saturated carbocycles. The molecule has 0 aromatic heterocycles. The van der Waals surface area contributed by atoms with E-state index in [9.17, 15) is 27.9 Å². The zero-order valence-corrected chi connectivity index (χ0v) is 19.4. The summed E-state index contributed by atoms with van der Waals surface area (Å²) in [4.78, 5) is 28.4. The molecule has 1 unspecified atom stereocenters. The number of benzene rings is 2. The molecule has 2 aromatic carbocycles. The maximum Gasteiger partial charge on any atom is 0.416 e. The molecular formula is C22H22Cl2F3N3O3. The van der Waals surface area contributed by atoms with Crippen LogP contribution in [0.4, 0.5) is 18.9 Å². The Morgan fingerprint density at radius 3 is 2.36 bits per heavy atom. The van der Waals surface area contributed by atoms with E-state index in [0.29, 0.717) is 25.7 Å². The van der Waals surface area contributed by atoms with Gasteiger partial charge in [-0.1, -0.05) is 37.0 Å². The van der Waals surface area contributed by atoms with Gasteiger partial charge in [-0.3, -0.25) is 9.59 Å². The summed E-state index contributed by atoms with van der Waals surface area (Å²) in [5.41, 5.74) is -0.560. The molecule has 3 N–H and O–H groups in total. The van der Waals surface area contributed by atoms with Crippen molar-refractivity contribution in [1.29, 1.82) is 0 Å². The first kappa shape index (κ1) is 25.3. The highest BCUT2D eigenvalue weighted by atomic mass is 35.5. The molecule has 0 fully saturated rings. The van der Waals surface area contributed by atoms with Crippen molar-refractivity contribution in [2.45, 2.75) is 25.6 Å². The van der Waals surface area contributed by atoms with Crippen molar-refractivity contribution in [3.63, 3.8) is 0 Å². The lowest BCUT2D eigenvalue weighted by Crippen LogP contribution is -2.44. The molecule has 1 aliphatic rings. The molecule has 1 atom stereocenters. The first-order valence-electron chi connectivity index (χ1n) is 10.1. The van der Waals surface area contributed by atoms with Crippen molar-refractivity contribution in [3.05, 3.63) is 62.6 Å². The Bertz CT molecular complexity index is 1110. The van der Waals surface area contributed by atoms with Crippen molar-refractivity contribution >= 4 is 40.7 Å². The van der Waals surface area contributed by atoms with Gasteiger partial charge in [-0.15, -0.1) is 0 Å². The highest BCUT2D eigenvalue weighted by Gasteiger charge is 2.56. The van der Waals surface area contributed by atoms with Crippen LogP contribution in [0.25, 0.3) is 0 Å². The maximum absolute atomic E-state index is 14.1. The number of amides is 2. The fourth-order valence-corrected chi connectivity index (χ4v) is 4.45. The summed E-state index contributed by atoms with van der Waals surface area (Å²) in [6.45, 7) is 5.37. The van der Waals surface area contributed by atoms with Crippen LogP contribution in [0, 0.1) is 0 Å². The molecule has 11 heteroatoms. The number of hydrogen-bond donors (Lipinski definition) is 2. The summed E-state index contributed by atoms with van der Waals surface area (Å²) < 4.78 is 42.4. The maximum atomic E-state index is 14.1. The van der Waals surface area contributed by atoms with Crippen molar-refractivity contribution in [2.75, 3.05) is 31.1 Å². The van der Waals surface area contributed by atoms with E-state index in [1.54, 1.807) is 0 Å². The van der Waals surface area contributed by atoms with Crippen LogP contribution in [-0.4, -0.2) is 48.0 Å². The number of carbonyl (C=O) groups excluding carboxylic acids is 2. The first-order chi connectivity index (χ1) is 15.4. The van der Waals surface area contributed by atoms with Crippen molar-refractivity contribution in [1.82, 2.24) is 4.90 Å². The molecule has 0 bridgehead atoms. The molecule has 33 heavy (non-hydrogen) atoms. The predicted octanol–water partition coefficient (Wildman–Crippen LogP) is 4.04. The second-order valence-electron chi connectivity index (χ2n) is 7.60. The van der Waals surface area contributed by atoms with Crippen LogP contribution in [0.3, 0.4) is 0 Å². The first-order valence-corrected chi connectivity index (χ1v) is 10.9. The fraction of sp³-hybridized carbons (Fsp3) is 0.364. The van der Waals surface area contributed by atoms with E-state index >= 15 is 0 Å². The molecule has 2 amide bonds. The molecule has 0 spiro atoms. The van der Waals surface area contributed by atoms with E-state index in [1.807, 2.05) is 18.7 Å². The third kappa shape index (κ3) is 4.42. The van der Waals surface area contributed by atoms with E-state index in [-0.39, 0.29) is 27.8 Å². The summed E-state index contributed by atoms with van der Waals surface area (Å²) in [5, 5.41) is 11.6. The SMILES string of the molecule is CCN(CC)CCN1C(=O)C(O)(c2cc(Cl)ccc2Cl)c2c1cc(C(N)=O)cc2C(F)(F)F. The number of primary amides is 1. The van der Waals surface area contributed by atoms with E-state index < -0.39 is 40.3 Å². The summed E-state index contributed by atoms with van der Waals surface area (Å²) in [6.07, 6.45) is -5.01. The highest BCUT2D eigenvalue weighted by Crippen LogP contribution is 2.52. The van der Waals surface area contributed by atoms with Gasteiger partial charge in [-0.25, -0.2) is 0 Å². The van der Waals surface area contributed by atoms with Crippen LogP contribution in [0.15, 0.2) is 30.3 Å². The minimum absolute atomic E-state index is 0.0342. The Balaban J connectivity index is 2.34. The number of nitrogens with zero attached hydrogens (tertiary/aromatic N) is 2. The average molecular weight is 504 g/mol. The number of hydrogen-bond acceptors (Lipinski definition) is 4. The number of alkyl halides is 3. The largest absolute Gasteiger partial charge is 0.416 e. The zero-order valence-electron chi connectivity index (χ0n) is 17.8. The second-order valence-corrected chi connectivity index (χ2v) is 8.44. The number of rotatable bonds is 7. The van der Waals surface area contributed by atoms with E-state index in [4.69, 9.17) is 28.9 Å². The van der Waals surface area contributed by atoms with Gasteiger partial charge in [-0.05, 0) is 43.4 Å². The van der Waals surface area contributed by atoms with Gasteiger partial charge in [-0.2, -0.15) is 13.2 Å². The normalized spacial score (nSPS) is 18.2. The Kier molecular flexibility index (Phi) is 7.00. The summed E-state index contributed by atoms with van der Waals surface area (Å²) in [7, 11) is 0. The Morgan fingerprint density at radius 1 is 1.18 bits per heavy atom. The molecule has 3 rings (SSSR count). The molecule has 1 aliphatic heterocycles. The third-order valence-corrected chi connectivity index (χ3v) is 6.33. The fourth-order valence-electron chi connectivity index (χ4n) is 4.03. The van der Waals surface area contributed by atoms with Crippen LogP contribution < -0.4 is 10.6 Å². The molecule has 1 heterocycles. The second kappa shape index (κ2) is 9.13. The van der Waals surface area contributed by atoms with Crippen molar-refractivity contribution < 1.29 is 27.9 Å². The lowest BCUT2D eigenvalue weighted by atomic mass is 9.83. The minimum atomic E-state index is -5.01. The van der Waals surface area contributed by atoms with E-state index in [1.165, 1.54) is 12.1 Å². The third-order valence-electron chi connectivity index (χ3n) is 5.77. The lowest BCUT2D eigenvalue weighted by molar-refractivity contribution is -0.142. The number of carbonyl (C=O) groups is 2. The Labute approximate surface area is 198 Å². The molecule has 0 saturated heterocycles. The van der Waals surface area contributed by atoms with E-state index in [0.717, 1.165) is 17.0 Å².